The molecular weight excluding hydrogens is 195 g/mol. The van der Waals surface area contributed by atoms with Gasteiger partial charge in [0.05, 0.1) is 12.5 Å². The summed E-state index contributed by atoms with van der Waals surface area (Å²) in [6.45, 7) is 0. The third-order valence-electron chi connectivity index (χ3n) is 2.14. The van der Waals surface area contributed by atoms with E-state index >= 15 is 0 Å². The molecule has 0 aromatic heterocycles. The summed E-state index contributed by atoms with van der Waals surface area (Å²) in [5.41, 5.74) is -0.0106. The van der Waals surface area contributed by atoms with Crippen LogP contribution < -0.4 is 5.32 Å². The van der Waals surface area contributed by atoms with Gasteiger partial charge in [-0.2, -0.15) is 0 Å². The number of β-lactam (4-membered cyclic amide) rings is 1. The van der Waals surface area contributed by atoms with Gasteiger partial charge in [0.15, 0.2) is 11.6 Å². The topological polar surface area (TPSA) is 29.1 Å². The number of rotatable bonds is 1. The van der Waals surface area contributed by atoms with Gasteiger partial charge in [0.1, 0.15) is 5.82 Å². The summed E-state index contributed by atoms with van der Waals surface area (Å²) in [5, 5.41) is 2.38. The average Bonchev–Trinajstić information content (AvgIpc) is 2.07. The van der Waals surface area contributed by atoms with E-state index < -0.39 is 23.5 Å². The highest BCUT2D eigenvalue weighted by Crippen LogP contribution is 2.27. The van der Waals surface area contributed by atoms with Crippen molar-refractivity contribution in [2.24, 2.45) is 0 Å². The van der Waals surface area contributed by atoms with Crippen molar-refractivity contribution >= 4 is 5.91 Å². The lowest BCUT2D eigenvalue weighted by atomic mass is 9.96. The van der Waals surface area contributed by atoms with Gasteiger partial charge < -0.3 is 5.32 Å². The van der Waals surface area contributed by atoms with Crippen molar-refractivity contribution in [1.29, 1.82) is 0 Å². The van der Waals surface area contributed by atoms with Crippen molar-refractivity contribution in [3.05, 3.63) is 35.1 Å². The largest absolute Gasteiger partial charge is 0.349 e. The molecule has 1 aromatic carbocycles. The molecule has 1 atom stereocenters. The van der Waals surface area contributed by atoms with Gasteiger partial charge in [0.25, 0.3) is 0 Å². The number of benzene rings is 1. The number of nitrogens with one attached hydrogen (secondary N) is 1. The van der Waals surface area contributed by atoms with Gasteiger partial charge in [-0.25, -0.2) is 13.2 Å². The molecule has 1 aliphatic heterocycles. The van der Waals surface area contributed by atoms with Crippen molar-refractivity contribution in [2.45, 2.75) is 12.5 Å². The highest BCUT2D eigenvalue weighted by molar-refractivity contribution is 5.83. The van der Waals surface area contributed by atoms with Gasteiger partial charge in [0.2, 0.25) is 5.91 Å². The summed E-state index contributed by atoms with van der Waals surface area (Å²) in [6, 6.07) is 0.724. The predicted molar refractivity (Wildman–Crippen MR) is 41.8 cm³/mol. The van der Waals surface area contributed by atoms with E-state index in [0.29, 0.717) is 6.07 Å². The lowest BCUT2D eigenvalue weighted by molar-refractivity contribution is -0.128. The van der Waals surface area contributed by atoms with Crippen LogP contribution in [-0.2, 0) is 4.79 Å². The molecule has 74 valence electrons. The molecule has 1 saturated heterocycles. The summed E-state index contributed by atoms with van der Waals surface area (Å²) in [7, 11) is 0. The van der Waals surface area contributed by atoms with Crippen LogP contribution in [-0.4, -0.2) is 5.91 Å². The second-order valence-corrected chi connectivity index (χ2v) is 3.11. The number of hydrogen-bond acceptors (Lipinski definition) is 1. The smallest absolute Gasteiger partial charge is 0.222 e. The Morgan fingerprint density at radius 2 is 1.71 bits per heavy atom. The summed E-state index contributed by atoms with van der Waals surface area (Å²) < 4.78 is 38.3. The molecule has 5 heteroatoms. The van der Waals surface area contributed by atoms with Crippen LogP contribution >= 0.6 is 0 Å². The van der Waals surface area contributed by atoms with E-state index in [4.69, 9.17) is 0 Å². The van der Waals surface area contributed by atoms with Crippen LogP contribution in [0.1, 0.15) is 18.0 Å². The van der Waals surface area contributed by atoms with Gasteiger partial charge >= 0.3 is 0 Å². The molecule has 0 saturated carbocycles. The SMILES string of the molecule is O=C1CC(c2cc(F)c(F)cc2F)N1. The van der Waals surface area contributed by atoms with E-state index in [1.54, 1.807) is 0 Å². The number of halogens is 3. The number of amides is 1. The maximum atomic E-state index is 13.1. The third-order valence-corrected chi connectivity index (χ3v) is 2.14. The van der Waals surface area contributed by atoms with E-state index in [-0.39, 0.29) is 17.9 Å². The molecule has 2 nitrogen and oxygen atoms in total. The Bertz CT molecular complexity index is 397. The lowest BCUT2D eigenvalue weighted by Gasteiger charge is -2.27. The van der Waals surface area contributed by atoms with Gasteiger partial charge in [-0.1, -0.05) is 0 Å². The maximum Gasteiger partial charge on any atom is 0.222 e. The molecule has 14 heavy (non-hydrogen) atoms. The monoisotopic (exact) mass is 201 g/mol. The second-order valence-electron chi connectivity index (χ2n) is 3.11. The molecule has 1 unspecified atom stereocenters. The van der Waals surface area contributed by atoms with Crippen molar-refractivity contribution < 1.29 is 18.0 Å². The Hall–Kier alpha value is -1.52. The van der Waals surface area contributed by atoms with Crippen LogP contribution in [0, 0.1) is 17.5 Å². The number of hydrogen-bond donors (Lipinski definition) is 1. The molecule has 0 bridgehead atoms. The molecule has 2 rings (SSSR count). The Morgan fingerprint density at radius 1 is 1.14 bits per heavy atom. The zero-order valence-electron chi connectivity index (χ0n) is 6.98. The van der Waals surface area contributed by atoms with Crippen molar-refractivity contribution in [3.63, 3.8) is 0 Å². The summed E-state index contributed by atoms with van der Waals surface area (Å²) in [5.74, 6) is -3.40. The number of carbonyl (C=O) groups is 1. The minimum atomic E-state index is -1.23. The standard InChI is InChI=1S/C9H6F3NO/c10-5-2-7(12)6(11)1-4(5)8-3-9(14)13-8/h1-2,8H,3H2,(H,13,14). The van der Waals surface area contributed by atoms with Crippen molar-refractivity contribution in [3.8, 4) is 0 Å². The highest BCUT2D eigenvalue weighted by atomic mass is 19.2. The lowest BCUT2D eigenvalue weighted by Crippen LogP contribution is -2.41. The fraction of sp³-hybridized carbons (Fsp3) is 0.222. The maximum absolute atomic E-state index is 13.1. The molecule has 0 aliphatic carbocycles. The summed E-state index contributed by atoms with van der Waals surface area (Å²) in [6.07, 6.45) is 0.113. The minimum Gasteiger partial charge on any atom is -0.349 e. The Balaban J connectivity index is 2.34. The Morgan fingerprint density at radius 3 is 2.29 bits per heavy atom. The second kappa shape index (κ2) is 3.01. The quantitative estimate of drug-likeness (QED) is 0.543. The molecule has 0 spiro atoms. The number of carbonyl (C=O) groups excluding carboxylic acids is 1. The molecule has 1 fully saturated rings. The van der Waals surface area contributed by atoms with E-state index in [2.05, 4.69) is 5.32 Å². The predicted octanol–water partition coefficient (Wildman–Crippen LogP) is 1.66. The molecular formula is C9H6F3NO. The Kier molecular flexibility index (Phi) is 1.94. The molecule has 1 aliphatic rings. The molecule has 0 radical (unpaired) electrons. The van der Waals surface area contributed by atoms with E-state index in [9.17, 15) is 18.0 Å². The van der Waals surface area contributed by atoms with E-state index in [1.165, 1.54) is 0 Å². The van der Waals surface area contributed by atoms with Crippen LogP contribution in [0.5, 0.6) is 0 Å². The fourth-order valence-corrected chi connectivity index (χ4v) is 1.35. The molecule has 1 heterocycles. The van der Waals surface area contributed by atoms with Crippen LogP contribution in [0.2, 0.25) is 0 Å². The third kappa shape index (κ3) is 1.34. The first kappa shape index (κ1) is 9.05. The van der Waals surface area contributed by atoms with Crippen molar-refractivity contribution in [2.75, 3.05) is 0 Å². The van der Waals surface area contributed by atoms with Crippen molar-refractivity contribution in [1.82, 2.24) is 5.32 Å². The minimum absolute atomic E-state index is 0.0106. The van der Waals surface area contributed by atoms with Crippen LogP contribution in [0.25, 0.3) is 0 Å². The summed E-state index contributed by atoms with van der Waals surface area (Å²) >= 11 is 0. The van der Waals surface area contributed by atoms with E-state index in [0.717, 1.165) is 6.07 Å². The van der Waals surface area contributed by atoms with Gasteiger partial charge in [-0.05, 0) is 6.07 Å². The average molecular weight is 201 g/mol. The van der Waals surface area contributed by atoms with E-state index in [1.807, 2.05) is 0 Å². The summed E-state index contributed by atoms with van der Waals surface area (Å²) in [4.78, 5) is 10.5. The van der Waals surface area contributed by atoms with Crippen LogP contribution in [0.4, 0.5) is 13.2 Å². The first-order valence-electron chi connectivity index (χ1n) is 4.01. The van der Waals surface area contributed by atoms with Crippen LogP contribution in [0.3, 0.4) is 0 Å². The zero-order valence-corrected chi connectivity index (χ0v) is 6.98. The zero-order chi connectivity index (χ0) is 10.3. The van der Waals surface area contributed by atoms with Crippen LogP contribution in [0.15, 0.2) is 12.1 Å². The highest BCUT2D eigenvalue weighted by Gasteiger charge is 2.29. The molecule has 1 amide bonds. The van der Waals surface area contributed by atoms with Gasteiger partial charge in [-0.15, -0.1) is 0 Å². The Labute approximate surface area is 77.7 Å². The molecule has 1 N–H and O–H groups in total. The first-order valence-corrected chi connectivity index (χ1v) is 4.01. The fourth-order valence-electron chi connectivity index (χ4n) is 1.35. The first-order chi connectivity index (χ1) is 6.58. The molecule has 1 aromatic rings. The normalized spacial score (nSPS) is 20.2. The van der Waals surface area contributed by atoms with Gasteiger partial charge in [0, 0.05) is 11.6 Å². The van der Waals surface area contributed by atoms with Gasteiger partial charge in [-0.3, -0.25) is 4.79 Å².